The van der Waals surface area contributed by atoms with Crippen LogP contribution in [0.2, 0.25) is 10.0 Å². The first-order valence-corrected chi connectivity index (χ1v) is 14.2. The van der Waals surface area contributed by atoms with Crippen molar-refractivity contribution in [2.45, 2.75) is 57.7 Å². The van der Waals surface area contributed by atoms with Crippen molar-refractivity contribution in [3.63, 3.8) is 0 Å². The second-order valence-electron chi connectivity index (χ2n) is 8.89. The molecule has 2 amide bonds. The lowest BCUT2D eigenvalue weighted by Gasteiger charge is -2.33. The number of sulfonamides is 1. The molecular weight excluding hydrogens is 509 g/mol. The number of hydrogen-bond donors (Lipinski definition) is 1. The van der Waals surface area contributed by atoms with Crippen LogP contribution in [0.5, 0.6) is 0 Å². The van der Waals surface area contributed by atoms with Gasteiger partial charge in [0.25, 0.3) is 0 Å². The molecule has 2 aromatic rings. The molecule has 1 N–H and O–H groups in total. The van der Waals surface area contributed by atoms with E-state index in [-0.39, 0.29) is 34.2 Å². The van der Waals surface area contributed by atoms with Gasteiger partial charge in [-0.3, -0.25) is 13.9 Å². The van der Waals surface area contributed by atoms with Crippen molar-refractivity contribution in [1.82, 2.24) is 10.2 Å². The Morgan fingerprint density at radius 2 is 1.71 bits per heavy atom. The van der Waals surface area contributed by atoms with Crippen LogP contribution < -0.4 is 9.62 Å². The van der Waals surface area contributed by atoms with Crippen LogP contribution in [0.25, 0.3) is 0 Å². The number of nitrogens with one attached hydrogen (secondary N) is 1. The van der Waals surface area contributed by atoms with Gasteiger partial charge < -0.3 is 10.2 Å². The van der Waals surface area contributed by atoms with Crippen molar-refractivity contribution >= 4 is 50.7 Å². The maximum Gasteiger partial charge on any atom is 0.244 e. The quantitative estimate of drug-likeness (QED) is 0.503. The smallest absolute Gasteiger partial charge is 0.244 e. The van der Waals surface area contributed by atoms with E-state index < -0.39 is 28.5 Å². The molecule has 0 aliphatic heterocycles. The minimum atomic E-state index is -3.89. The normalized spacial score (nSPS) is 15.3. The average Bonchev–Trinajstić information content (AvgIpc) is 2.82. The molecular formula is C25H31Cl2N3O4S. The Hall–Kier alpha value is -2.29. The number of carbonyl (C=O) groups excluding carboxylic acids is 2. The van der Waals surface area contributed by atoms with Gasteiger partial charge in [0.15, 0.2) is 0 Å². The first kappa shape index (κ1) is 27.3. The third-order valence-electron chi connectivity index (χ3n) is 6.17. The molecule has 0 spiro atoms. The Balaban J connectivity index is 1.88. The molecule has 0 bridgehead atoms. The third-order valence-corrected chi connectivity index (χ3v) is 7.85. The number of rotatable bonds is 9. The van der Waals surface area contributed by atoms with Crippen LogP contribution in [0, 0.1) is 0 Å². The summed E-state index contributed by atoms with van der Waals surface area (Å²) in [6.45, 7) is 1.29. The Morgan fingerprint density at radius 3 is 2.34 bits per heavy atom. The Kier molecular flexibility index (Phi) is 9.44. The molecule has 7 nitrogen and oxygen atoms in total. The van der Waals surface area contributed by atoms with Crippen molar-refractivity contribution in [3.05, 3.63) is 64.1 Å². The Labute approximate surface area is 217 Å². The summed E-state index contributed by atoms with van der Waals surface area (Å²) in [4.78, 5) is 28.1. The predicted molar refractivity (Wildman–Crippen MR) is 140 cm³/mol. The zero-order chi connectivity index (χ0) is 25.6. The molecule has 35 heavy (non-hydrogen) atoms. The highest BCUT2D eigenvalue weighted by Crippen LogP contribution is 2.31. The summed E-state index contributed by atoms with van der Waals surface area (Å²) in [5.74, 6) is -0.783. The van der Waals surface area contributed by atoms with Crippen LogP contribution in [-0.2, 0) is 26.2 Å². The molecule has 190 valence electrons. The number of anilines is 1. The molecule has 0 radical (unpaired) electrons. The fourth-order valence-electron chi connectivity index (χ4n) is 4.20. The molecule has 1 atom stereocenters. The number of carbonyl (C=O) groups is 2. The lowest BCUT2D eigenvalue weighted by molar-refractivity contribution is -0.139. The molecule has 10 heteroatoms. The fraction of sp³-hybridized carbons (Fsp3) is 0.440. The lowest BCUT2D eigenvalue weighted by Crippen LogP contribution is -2.53. The Bertz CT molecular complexity index is 1140. The number of nitrogens with zero attached hydrogens (tertiary/aromatic N) is 2. The molecule has 0 saturated heterocycles. The van der Waals surface area contributed by atoms with E-state index in [1.54, 1.807) is 6.92 Å². The monoisotopic (exact) mass is 539 g/mol. The summed E-state index contributed by atoms with van der Waals surface area (Å²) in [5, 5.41) is 3.50. The van der Waals surface area contributed by atoms with E-state index in [0.717, 1.165) is 48.2 Å². The molecule has 3 rings (SSSR count). The molecule has 0 aromatic heterocycles. The zero-order valence-corrected chi connectivity index (χ0v) is 22.2. The summed E-state index contributed by atoms with van der Waals surface area (Å²) in [6.07, 6.45) is 6.12. The molecule has 1 saturated carbocycles. The van der Waals surface area contributed by atoms with E-state index in [1.165, 1.54) is 23.1 Å². The highest BCUT2D eigenvalue weighted by molar-refractivity contribution is 7.92. The third kappa shape index (κ3) is 7.59. The SMILES string of the molecule is CC(C(=O)NC1CCCCC1)N(Cc1ccccc1)C(=O)CN(c1cc(Cl)ccc1Cl)S(C)(=O)=O. The number of amides is 2. The van der Waals surface area contributed by atoms with Gasteiger partial charge >= 0.3 is 0 Å². The van der Waals surface area contributed by atoms with Gasteiger partial charge in [-0.2, -0.15) is 0 Å². The van der Waals surface area contributed by atoms with Crippen molar-refractivity contribution < 1.29 is 18.0 Å². The minimum Gasteiger partial charge on any atom is -0.352 e. The number of benzene rings is 2. The van der Waals surface area contributed by atoms with Gasteiger partial charge in [-0.15, -0.1) is 0 Å². The fourth-order valence-corrected chi connectivity index (χ4v) is 5.49. The molecule has 1 aliphatic carbocycles. The van der Waals surface area contributed by atoms with Gasteiger partial charge in [-0.05, 0) is 43.5 Å². The maximum atomic E-state index is 13.6. The second kappa shape index (κ2) is 12.1. The second-order valence-corrected chi connectivity index (χ2v) is 11.6. The topological polar surface area (TPSA) is 86.8 Å². The highest BCUT2D eigenvalue weighted by Gasteiger charge is 2.31. The first-order valence-electron chi connectivity index (χ1n) is 11.6. The van der Waals surface area contributed by atoms with Crippen LogP contribution in [0.15, 0.2) is 48.5 Å². The molecule has 1 unspecified atom stereocenters. The summed E-state index contributed by atoms with van der Waals surface area (Å²) in [5.41, 5.74) is 0.929. The summed E-state index contributed by atoms with van der Waals surface area (Å²) in [7, 11) is -3.89. The van der Waals surface area contributed by atoms with Gasteiger partial charge in [0.2, 0.25) is 21.8 Å². The van der Waals surface area contributed by atoms with Gasteiger partial charge in [-0.1, -0.05) is 72.8 Å². The lowest BCUT2D eigenvalue weighted by atomic mass is 9.95. The van der Waals surface area contributed by atoms with Crippen LogP contribution >= 0.6 is 23.2 Å². The van der Waals surface area contributed by atoms with E-state index in [4.69, 9.17) is 23.2 Å². The molecule has 2 aromatic carbocycles. The molecule has 1 aliphatic rings. The minimum absolute atomic E-state index is 0.0881. The van der Waals surface area contributed by atoms with E-state index in [1.807, 2.05) is 30.3 Å². The van der Waals surface area contributed by atoms with Crippen LogP contribution in [0.1, 0.15) is 44.6 Å². The highest BCUT2D eigenvalue weighted by atomic mass is 35.5. The van der Waals surface area contributed by atoms with Crippen LogP contribution in [0.4, 0.5) is 5.69 Å². The van der Waals surface area contributed by atoms with Crippen molar-refractivity contribution in [2.75, 3.05) is 17.1 Å². The zero-order valence-electron chi connectivity index (χ0n) is 19.9. The standard InChI is InChI=1S/C25H31Cl2N3O4S/c1-18(25(32)28-21-11-7-4-8-12-21)29(16-19-9-5-3-6-10-19)24(31)17-30(35(2,33)34)23-15-20(26)13-14-22(23)27/h3,5-6,9-10,13-15,18,21H,4,7-8,11-12,16-17H2,1-2H3,(H,28,32). The largest absolute Gasteiger partial charge is 0.352 e. The first-order chi connectivity index (χ1) is 16.6. The average molecular weight is 541 g/mol. The van der Waals surface area contributed by atoms with Gasteiger partial charge in [0, 0.05) is 17.6 Å². The van der Waals surface area contributed by atoms with E-state index in [9.17, 15) is 18.0 Å². The van der Waals surface area contributed by atoms with E-state index in [0.29, 0.717) is 0 Å². The van der Waals surface area contributed by atoms with Crippen molar-refractivity contribution in [1.29, 1.82) is 0 Å². The van der Waals surface area contributed by atoms with Gasteiger partial charge in [0.05, 0.1) is 17.0 Å². The Morgan fingerprint density at radius 1 is 1.06 bits per heavy atom. The number of halogens is 2. The van der Waals surface area contributed by atoms with Gasteiger partial charge in [0.1, 0.15) is 12.6 Å². The van der Waals surface area contributed by atoms with Crippen molar-refractivity contribution in [2.24, 2.45) is 0 Å². The van der Waals surface area contributed by atoms with Crippen molar-refractivity contribution in [3.8, 4) is 0 Å². The van der Waals surface area contributed by atoms with Gasteiger partial charge in [-0.25, -0.2) is 8.42 Å². The van der Waals surface area contributed by atoms with Crippen LogP contribution in [-0.4, -0.2) is 50.0 Å². The van der Waals surface area contributed by atoms with E-state index >= 15 is 0 Å². The molecule has 1 fully saturated rings. The summed E-state index contributed by atoms with van der Waals surface area (Å²) >= 11 is 12.3. The summed E-state index contributed by atoms with van der Waals surface area (Å²) < 4.78 is 26.2. The maximum absolute atomic E-state index is 13.6. The van der Waals surface area contributed by atoms with E-state index in [2.05, 4.69) is 5.32 Å². The number of hydrogen-bond acceptors (Lipinski definition) is 4. The van der Waals surface area contributed by atoms with Crippen LogP contribution in [0.3, 0.4) is 0 Å². The predicted octanol–water partition coefficient (Wildman–Crippen LogP) is 4.63. The molecule has 0 heterocycles. The summed E-state index contributed by atoms with van der Waals surface area (Å²) in [6, 6.07) is 13.0.